The van der Waals surface area contributed by atoms with Gasteiger partial charge in [0.1, 0.15) is 23.1 Å². The molecule has 14 rings (SSSR count). The number of fused-ring (bicyclic) bond motifs is 13. The number of furan rings is 1. The van der Waals surface area contributed by atoms with Crippen molar-refractivity contribution < 1.29 is 4.42 Å². The normalized spacial score (nSPS) is 12.1. The van der Waals surface area contributed by atoms with E-state index in [2.05, 4.69) is 209 Å². The molecule has 0 aliphatic heterocycles. The minimum atomic E-state index is 0.685. The van der Waals surface area contributed by atoms with Crippen molar-refractivity contribution in [3.8, 4) is 44.9 Å². The van der Waals surface area contributed by atoms with Crippen molar-refractivity contribution >= 4 is 97.2 Å². The largest absolute Gasteiger partial charge is 0.452 e. The topological polar surface area (TPSA) is 48.8 Å². The van der Waals surface area contributed by atoms with Crippen LogP contribution in [0.15, 0.2) is 211 Å². The van der Waals surface area contributed by atoms with E-state index in [9.17, 15) is 0 Å². The molecule has 0 unspecified atom stereocenters. The summed E-state index contributed by atoms with van der Waals surface area (Å²) in [6.07, 6.45) is 1.66. The van der Waals surface area contributed by atoms with Gasteiger partial charge in [0.2, 0.25) is 0 Å². The summed E-state index contributed by atoms with van der Waals surface area (Å²) in [6.45, 7) is 0. The van der Waals surface area contributed by atoms with E-state index < -0.39 is 0 Å². The molecule has 5 nitrogen and oxygen atoms in total. The third kappa shape index (κ3) is 5.11. The van der Waals surface area contributed by atoms with Gasteiger partial charge in [-0.15, -0.1) is 11.3 Å². The van der Waals surface area contributed by atoms with Crippen LogP contribution in [0.25, 0.3) is 131 Å². The second-order valence-corrected chi connectivity index (χ2v) is 17.6. The molecule has 0 amide bonds. The highest BCUT2D eigenvalue weighted by atomic mass is 32.1. The molecule has 0 bridgehead atoms. The maximum absolute atomic E-state index is 6.64. The van der Waals surface area contributed by atoms with E-state index in [1.807, 2.05) is 11.3 Å². The molecule has 0 atom stereocenters. The molecule has 6 heteroatoms. The van der Waals surface area contributed by atoms with Crippen molar-refractivity contribution in [1.82, 2.24) is 19.1 Å². The highest BCUT2D eigenvalue weighted by molar-refractivity contribution is 7.26. The smallest absolute Gasteiger partial charge is 0.180 e. The maximum atomic E-state index is 6.64. The van der Waals surface area contributed by atoms with Crippen LogP contribution in [0.5, 0.6) is 0 Å². The van der Waals surface area contributed by atoms with Crippen LogP contribution in [0.4, 0.5) is 0 Å². The zero-order chi connectivity index (χ0) is 41.9. The number of nitrogens with zero attached hydrogens (tertiary/aromatic N) is 4. The molecule has 5 heterocycles. The standard InChI is InChI=1S/C58H34N4OS/c1-2-16-39(17-3-1)61-49-25-8-5-21-46(49)53-50(61)29-28-44-42-19-4-7-24-48(42)62(56(44)53)40-18-11-13-35(32-40)36-27-30-51-47(33-36)55-57(63-51)54(59-34-60-55)38-15-10-14-37(31-38)41-22-12-23-45-43-20-6-9-26-52(43)64-58(41)45/h1-34H. The van der Waals surface area contributed by atoms with Crippen molar-refractivity contribution in [1.29, 1.82) is 0 Å². The summed E-state index contributed by atoms with van der Waals surface area (Å²) in [7, 11) is 0. The van der Waals surface area contributed by atoms with Crippen LogP contribution in [0.2, 0.25) is 0 Å². The fourth-order valence-corrected chi connectivity index (χ4v) is 11.5. The maximum Gasteiger partial charge on any atom is 0.180 e. The van der Waals surface area contributed by atoms with Crippen LogP contribution in [0, 0.1) is 0 Å². The molecule has 9 aromatic carbocycles. The first kappa shape index (κ1) is 35.3. The lowest BCUT2D eigenvalue weighted by atomic mass is 9.99. The van der Waals surface area contributed by atoms with Gasteiger partial charge < -0.3 is 13.6 Å². The Morgan fingerprint density at radius 1 is 0.422 bits per heavy atom. The van der Waals surface area contributed by atoms with Gasteiger partial charge >= 0.3 is 0 Å². The van der Waals surface area contributed by atoms with Gasteiger partial charge in [0, 0.05) is 64.0 Å². The summed E-state index contributed by atoms with van der Waals surface area (Å²) >= 11 is 1.84. The molecule has 14 aromatic rings. The number of rotatable bonds is 5. The lowest BCUT2D eigenvalue weighted by Gasteiger charge is -2.12. The SMILES string of the molecule is c1ccc(-n2c3ccccc3c3c2ccc2c4ccccc4n(-c4cccc(-c5ccc6oc7c(-c8cccc(-c9cccc%10c9sc9ccccc9%10)c8)ncnc7c6c5)c4)c23)cc1. The lowest BCUT2D eigenvalue weighted by Crippen LogP contribution is -1.95. The van der Waals surface area contributed by atoms with E-state index in [1.165, 1.54) is 69.3 Å². The Morgan fingerprint density at radius 3 is 2.03 bits per heavy atom. The summed E-state index contributed by atoms with van der Waals surface area (Å²) in [5.41, 5.74) is 15.6. The van der Waals surface area contributed by atoms with Crippen molar-refractivity contribution in [2.45, 2.75) is 0 Å². The quantitative estimate of drug-likeness (QED) is 0.174. The van der Waals surface area contributed by atoms with E-state index in [1.54, 1.807) is 6.33 Å². The van der Waals surface area contributed by atoms with Gasteiger partial charge in [0.25, 0.3) is 0 Å². The number of aromatic nitrogens is 4. The first-order valence-electron chi connectivity index (χ1n) is 21.5. The second-order valence-electron chi connectivity index (χ2n) is 16.5. The monoisotopic (exact) mass is 834 g/mol. The second kappa shape index (κ2) is 13.6. The molecule has 0 spiro atoms. The van der Waals surface area contributed by atoms with E-state index in [4.69, 9.17) is 14.4 Å². The molecular formula is C58H34N4OS. The highest BCUT2D eigenvalue weighted by Gasteiger charge is 2.22. The summed E-state index contributed by atoms with van der Waals surface area (Å²) in [4.78, 5) is 9.66. The molecule has 0 N–H and O–H groups in total. The van der Waals surface area contributed by atoms with Gasteiger partial charge in [-0.3, -0.25) is 0 Å². The molecule has 0 saturated heterocycles. The molecule has 298 valence electrons. The zero-order valence-corrected chi connectivity index (χ0v) is 35.1. The molecule has 5 aromatic heterocycles. The summed E-state index contributed by atoms with van der Waals surface area (Å²) in [6, 6.07) is 72.1. The van der Waals surface area contributed by atoms with Crippen LogP contribution in [0.1, 0.15) is 0 Å². The van der Waals surface area contributed by atoms with Crippen molar-refractivity contribution in [3.05, 3.63) is 207 Å². The first-order chi connectivity index (χ1) is 31.7. The summed E-state index contributed by atoms with van der Waals surface area (Å²) in [5.74, 6) is 0. The van der Waals surface area contributed by atoms with Gasteiger partial charge in [-0.1, -0.05) is 133 Å². The molecular weight excluding hydrogens is 801 g/mol. The van der Waals surface area contributed by atoms with Crippen LogP contribution >= 0.6 is 11.3 Å². The fourth-order valence-electron chi connectivity index (χ4n) is 10.2. The molecule has 0 saturated carbocycles. The van der Waals surface area contributed by atoms with E-state index >= 15 is 0 Å². The fraction of sp³-hybridized carbons (Fsp3) is 0. The minimum Gasteiger partial charge on any atom is -0.452 e. The molecule has 0 radical (unpaired) electrons. The van der Waals surface area contributed by atoms with Crippen molar-refractivity contribution in [2.24, 2.45) is 0 Å². The van der Waals surface area contributed by atoms with Crippen molar-refractivity contribution in [2.75, 3.05) is 0 Å². The molecule has 0 fully saturated rings. The number of benzene rings is 9. The first-order valence-corrected chi connectivity index (χ1v) is 22.4. The van der Waals surface area contributed by atoms with E-state index in [-0.39, 0.29) is 0 Å². The Morgan fingerprint density at radius 2 is 1.12 bits per heavy atom. The van der Waals surface area contributed by atoms with Crippen LogP contribution < -0.4 is 0 Å². The number of hydrogen-bond donors (Lipinski definition) is 0. The van der Waals surface area contributed by atoms with Gasteiger partial charge in [0.05, 0.1) is 22.1 Å². The number of hydrogen-bond acceptors (Lipinski definition) is 4. The predicted octanol–water partition coefficient (Wildman–Crippen LogP) is 15.9. The van der Waals surface area contributed by atoms with Gasteiger partial charge in [-0.25, -0.2) is 9.97 Å². The van der Waals surface area contributed by atoms with Crippen LogP contribution in [0.3, 0.4) is 0 Å². The Bertz CT molecular complexity index is 4210. The highest BCUT2D eigenvalue weighted by Crippen LogP contribution is 2.44. The minimum absolute atomic E-state index is 0.685. The van der Waals surface area contributed by atoms with Crippen LogP contribution in [-0.4, -0.2) is 19.1 Å². The third-order valence-electron chi connectivity index (χ3n) is 13.0. The van der Waals surface area contributed by atoms with Gasteiger partial charge in [0.15, 0.2) is 5.58 Å². The van der Waals surface area contributed by atoms with Gasteiger partial charge in [-0.2, -0.15) is 0 Å². The summed E-state index contributed by atoms with van der Waals surface area (Å²) in [5, 5.41) is 8.46. The Kier molecular flexibility index (Phi) is 7.49. The Hall–Kier alpha value is -8.32. The van der Waals surface area contributed by atoms with Gasteiger partial charge in [-0.05, 0) is 89.0 Å². The Labute approximate surface area is 370 Å². The van der Waals surface area contributed by atoms with Crippen molar-refractivity contribution in [3.63, 3.8) is 0 Å². The average molecular weight is 835 g/mol. The number of para-hydroxylation sites is 3. The number of thiophene rings is 1. The molecule has 0 aliphatic carbocycles. The third-order valence-corrected chi connectivity index (χ3v) is 14.2. The molecule has 64 heavy (non-hydrogen) atoms. The van der Waals surface area contributed by atoms with E-state index in [0.29, 0.717) is 5.58 Å². The summed E-state index contributed by atoms with van der Waals surface area (Å²) < 4.78 is 14.1. The lowest BCUT2D eigenvalue weighted by molar-refractivity contribution is 0.667. The molecule has 0 aliphatic rings. The van der Waals surface area contributed by atoms with Crippen LogP contribution in [-0.2, 0) is 0 Å². The van der Waals surface area contributed by atoms with E-state index in [0.717, 1.165) is 55.8 Å². The predicted molar refractivity (Wildman–Crippen MR) is 267 cm³/mol. The average Bonchev–Trinajstić information content (AvgIpc) is 4.12. The Balaban J connectivity index is 0.910. The zero-order valence-electron chi connectivity index (χ0n) is 34.2.